The van der Waals surface area contributed by atoms with Crippen molar-refractivity contribution in [1.29, 1.82) is 0 Å². The Hall–Kier alpha value is -3.85. The third-order valence-electron chi connectivity index (χ3n) is 7.74. The number of aryl methyl sites for hydroxylation is 1. The van der Waals surface area contributed by atoms with Crippen LogP contribution in [-0.2, 0) is 12.0 Å². The van der Waals surface area contributed by atoms with Crippen molar-refractivity contribution in [2.24, 2.45) is 5.73 Å². The van der Waals surface area contributed by atoms with Crippen LogP contribution in [0.2, 0.25) is 0 Å². The Labute approximate surface area is 201 Å². The summed E-state index contributed by atoms with van der Waals surface area (Å²) in [6.07, 6.45) is 7.53. The highest BCUT2D eigenvalue weighted by Gasteiger charge is 2.55. The number of carbonyl (C=O) groups is 1. The molecule has 4 N–H and O–H groups in total. The summed E-state index contributed by atoms with van der Waals surface area (Å²) in [7, 11) is 0. The topological polar surface area (TPSA) is 135 Å². The number of anilines is 1. The van der Waals surface area contributed by atoms with Crippen LogP contribution >= 0.6 is 0 Å². The van der Waals surface area contributed by atoms with Crippen LogP contribution in [0, 0.1) is 6.92 Å². The molecular weight excluding hydrogens is 442 g/mol. The van der Waals surface area contributed by atoms with Crippen molar-refractivity contribution in [3.63, 3.8) is 0 Å². The maximum atomic E-state index is 13.9. The number of nitrogen functional groups attached to an aromatic ring is 1. The van der Waals surface area contributed by atoms with Crippen molar-refractivity contribution in [3.05, 3.63) is 76.2 Å². The first-order chi connectivity index (χ1) is 16.8. The number of nitrogens with two attached hydrogens (primary N) is 2. The fraction of sp³-hybridized carbons (Fsp3) is 0.346. The van der Waals surface area contributed by atoms with E-state index in [0.29, 0.717) is 22.4 Å². The van der Waals surface area contributed by atoms with Gasteiger partial charge in [-0.2, -0.15) is 0 Å². The molecule has 9 heteroatoms. The van der Waals surface area contributed by atoms with Gasteiger partial charge < -0.3 is 11.5 Å². The second-order valence-electron chi connectivity index (χ2n) is 10.1. The van der Waals surface area contributed by atoms with Crippen molar-refractivity contribution in [2.45, 2.75) is 56.5 Å². The van der Waals surface area contributed by atoms with Crippen LogP contribution in [0.1, 0.15) is 53.7 Å². The number of ketones is 1. The van der Waals surface area contributed by atoms with Gasteiger partial charge in [0, 0.05) is 23.0 Å². The molecule has 0 aliphatic heterocycles. The van der Waals surface area contributed by atoms with Gasteiger partial charge in [-0.3, -0.25) is 18.9 Å². The smallest absolute Gasteiger partial charge is 0.335 e. The number of pyridine rings is 1. The van der Waals surface area contributed by atoms with Gasteiger partial charge >= 0.3 is 5.69 Å². The van der Waals surface area contributed by atoms with E-state index in [1.807, 2.05) is 19.1 Å². The van der Waals surface area contributed by atoms with Crippen molar-refractivity contribution in [2.75, 3.05) is 5.73 Å². The molecule has 3 aromatic heterocycles. The van der Waals surface area contributed by atoms with Crippen LogP contribution in [0.15, 0.2) is 53.7 Å². The van der Waals surface area contributed by atoms with E-state index in [4.69, 9.17) is 11.5 Å². The summed E-state index contributed by atoms with van der Waals surface area (Å²) in [5.41, 5.74) is 16.0. The van der Waals surface area contributed by atoms with Gasteiger partial charge in [0.15, 0.2) is 17.2 Å². The highest BCUT2D eigenvalue weighted by molar-refractivity contribution is 5.97. The summed E-state index contributed by atoms with van der Waals surface area (Å²) in [4.78, 5) is 39.6. The van der Waals surface area contributed by atoms with Gasteiger partial charge in [-0.25, -0.2) is 14.8 Å². The fourth-order valence-electron chi connectivity index (χ4n) is 6.00. The Balaban J connectivity index is 1.41. The number of fused-ring (bicyclic) bond motifs is 3. The lowest BCUT2D eigenvalue weighted by Gasteiger charge is -2.27. The van der Waals surface area contributed by atoms with Crippen LogP contribution in [-0.4, -0.2) is 35.4 Å². The normalized spacial score (nSPS) is 23.3. The van der Waals surface area contributed by atoms with Gasteiger partial charge in [-0.05, 0) is 81.0 Å². The molecule has 4 aromatic rings. The number of carbonyl (C=O) groups excluding carboxylic acids is 1. The summed E-state index contributed by atoms with van der Waals surface area (Å²) >= 11 is 0. The first kappa shape index (κ1) is 21.7. The molecule has 2 saturated carbocycles. The standard InChI is InChI=1S/C26H27N7O2/c1-16-6-11-29-18(12-16)13-20(34)17-2-4-19(5-3-17)32-21-22(27)30-15-31-23(21)33(24(32)35)26-9-7-25(28,14-26)8-10-26/h2-6,11-12,15H,7-10,13-14,28H2,1H3,(H2,27,30,31). The lowest BCUT2D eigenvalue weighted by Crippen LogP contribution is -2.38. The van der Waals surface area contributed by atoms with Crippen LogP contribution < -0.4 is 17.2 Å². The number of imidazole rings is 1. The molecule has 0 atom stereocenters. The molecule has 0 amide bonds. The van der Waals surface area contributed by atoms with E-state index in [2.05, 4.69) is 15.0 Å². The zero-order valence-corrected chi connectivity index (χ0v) is 19.6. The van der Waals surface area contributed by atoms with E-state index in [9.17, 15) is 9.59 Å². The molecule has 2 aliphatic rings. The average molecular weight is 470 g/mol. The quantitative estimate of drug-likeness (QED) is 0.429. The lowest BCUT2D eigenvalue weighted by atomic mass is 9.91. The monoisotopic (exact) mass is 469 g/mol. The summed E-state index contributed by atoms with van der Waals surface area (Å²) < 4.78 is 3.36. The molecule has 0 spiro atoms. The SMILES string of the molecule is Cc1ccnc(CC(=O)c2ccc(-n3c(=O)n(C45CCC(N)(CC4)C5)c4ncnc(N)c43)cc2)c1. The zero-order valence-electron chi connectivity index (χ0n) is 19.6. The van der Waals surface area contributed by atoms with Gasteiger partial charge in [0.05, 0.1) is 17.6 Å². The van der Waals surface area contributed by atoms with Gasteiger partial charge in [0.25, 0.3) is 0 Å². The van der Waals surface area contributed by atoms with E-state index in [1.54, 1.807) is 39.6 Å². The first-order valence-electron chi connectivity index (χ1n) is 11.9. The fourth-order valence-corrected chi connectivity index (χ4v) is 6.00. The summed E-state index contributed by atoms with van der Waals surface area (Å²) in [5, 5.41) is 0. The Morgan fingerprint density at radius 1 is 1.06 bits per heavy atom. The Bertz CT molecular complexity index is 1530. The summed E-state index contributed by atoms with van der Waals surface area (Å²) in [6, 6.07) is 10.8. The minimum atomic E-state index is -0.354. The Morgan fingerprint density at radius 2 is 1.80 bits per heavy atom. The zero-order chi connectivity index (χ0) is 24.4. The third-order valence-corrected chi connectivity index (χ3v) is 7.74. The van der Waals surface area contributed by atoms with E-state index in [-0.39, 0.29) is 34.8 Å². The Morgan fingerprint density at radius 3 is 2.46 bits per heavy atom. The second-order valence-corrected chi connectivity index (χ2v) is 10.1. The number of hydrogen-bond acceptors (Lipinski definition) is 7. The summed E-state index contributed by atoms with van der Waals surface area (Å²) in [5.74, 6) is 0.199. The molecule has 2 bridgehead atoms. The number of aromatic nitrogens is 5. The molecule has 2 aliphatic carbocycles. The maximum Gasteiger partial charge on any atom is 0.335 e. The largest absolute Gasteiger partial charge is 0.382 e. The highest BCUT2D eigenvalue weighted by Crippen LogP contribution is 2.54. The molecule has 3 heterocycles. The van der Waals surface area contributed by atoms with Crippen molar-refractivity contribution >= 4 is 22.8 Å². The van der Waals surface area contributed by atoms with Crippen LogP contribution in [0.4, 0.5) is 5.82 Å². The molecule has 6 rings (SSSR count). The molecule has 9 nitrogen and oxygen atoms in total. The average Bonchev–Trinajstić information content (AvgIpc) is 3.46. The van der Waals surface area contributed by atoms with Crippen LogP contribution in [0.3, 0.4) is 0 Å². The molecule has 178 valence electrons. The predicted octanol–water partition coefficient (Wildman–Crippen LogP) is 2.66. The van der Waals surface area contributed by atoms with Crippen molar-refractivity contribution < 1.29 is 4.79 Å². The van der Waals surface area contributed by atoms with E-state index >= 15 is 0 Å². The minimum absolute atomic E-state index is 0.0395. The number of benzene rings is 1. The number of rotatable bonds is 5. The van der Waals surface area contributed by atoms with Crippen LogP contribution in [0.5, 0.6) is 0 Å². The highest BCUT2D eigenvalue weighted by atomic mass is 16.2. The van der Waals surface area contributed by atoms with Gasteiger partial charge in [0.1, 0.15) is 11.8 Å². The van der Waals surface area contributed by atoms with Gasteiger partial charge in [-0.1, -0.05) is 0 Å². The molecule has 2 fully saturated rings. The predicted molar refractivity (Wildman–Crippen MR) is 133 cm³/mol. The van der Waals surface area contributed by atoms with E-state index in [0.717, 1.165) is 43.4 Å². The van der Waals surface area contributed by atoms with E-state index in [1.165, 1.54) is 6.33 Å². The van der Waals surface area contributed by atoms with Crippen molar-refractivity contribution in [3.8, 4) is 5.69 Å². The molecule has 0 unspecified atom stereocenters. The summed E-state index contributed by atoms with van der Waals surface area (Å²) in [6.45, 7) is 1.97. The minimum Gasteiger partial charge on any atom is -0.382 e. The van der Waals surface area contributed by atoms with Crippen molar-refractivity contribution in [1.82, 2.24) is 24.1 Å². The lowest BCUT2D eigenvalue weighted by molar-refractivity contribution is 0.0992. The molecular formula is C26H27N7O2. The number of nitrogens with zero attached hydrogens (tertiary/aromatic N) is 5. The van der Waals surface area contributed by atoms with Gasteiger partial charge in [-0.15, -0.1) is 0 Å². The molecule has 0 radical (unpaired) electrons. The third kappa shape index (κ3) is 3.37. The van der Waals surface area contributed by atoms with Crippen LogP contribution in [0.25, 0.3) is 16.9 Å². The molecule has 35 heavy (non-hydrogen) atoms. The second kappa shape index (κ2) is 7.58. The Kier molecular flexibility index (Phi) is 4.69. The van der Waals surface area contributed by atoms with Gasteiger partial charge in [0.2, 0.25) is 0 Å². The maximum absolute atomic E-state index is 13.9. The first-order valence-corrected chi connectivity index (χ1v) is 11.9. The molecule has 1 aromatic carbocycles. The number of Topliss-reactive ketones (excluding diaryl/α,β-unsaturated/α-hetero) is 1. The van der Waals surface area contributed by atoms with E-state index < -0.39 is 0 Å². The number of hydrogen-bond donors (Lipinski definition) is 2. The molecule has 0 saturated heterocycles.